The molecule has 82 valence electrons. The fraction of sp³-hybridized carbons (Fsp3) is 0.400. The van der Waals surface area contributed by atoms with E-state index in [9.17, 15) is 12.8 Å². The van der Waals surface area contributed by atoms with E-state index in [1.165, 1.54) is 24.3 Å². The van der Waals surface area contributed by atoms with Gasteiger partial charge in [-0.2, -0.15) is 0 Å². The van der Waals surface area contributed by atoms with Crippen molar-refractivity contribution in [2.45, 2.75) is 24.6 Å². The molecule has 0 aliphatic heterocycles. The van der Waals surface area contributed by atoms with Crippen LogP contribution in [0.1, 0.15) is 18.4 Å². The summed E-state index contributed by atoms with van der Waals surface area (Å²) in [5, 5.41) is 0. The van der Waals surface area contributed by atoms with E-state index >= 15 is 0 Å². The first kappa shape index (κ1) is 10.6. The largest absolute Gasteiger partial charge is 0.216 e. The number of sulfonamides is 1. The summed E-state index contributed by atoms with van der Waals surface area (Å²) in [5.41, 5.74) is 0.601. The number of benzene rings is 1. The number of hydrogen-bond acceptors (Lipinski definition) is 2. The molecule has 0 spiro atoms. The van der Waals surface area contributed by atoms with E-state index in [0.717, 1.165) is 12.8 Å². The Hall–Kier alpha value is -0.940. The molecule has 0 atom stereocenters. The summed E-state index contributed by atoms with van der Waals surface area (Å²) >= 11 is 0. The summed E-state index contributed by atoms with van der Waals surface area (Å²) in [6, 6.07) is 5.63. The van der Waals surface area contributed by atoms with Crippen LogP contribution in [-0.4, -0.2) is 14.5 Å². The van der Waals surface area contributed by atoms with Crippen molar-refractivity contribution in [1.82, 2.24) is 4.72 Å². The van der Waals surface area contributed by atoms with Gasteiger partial charge in [0.15, 0.2) is 0 Å². The zero-order valence-corrected chi connectivity index (χ0v) is 8.93. The minimum absolute atomic E-state index is 0.0796. The smallest absolute Gasteiger partial charge is 0.212 e. The lowest BCUT2D eigenvalue weighted by molar-refractivity contribution is 0.580. The van der Waals surface area contributed by atoms with E-state index in [2.05, 4.69) is 4.72 Å². The third-order valence-corrected chi connectivity index (χ3v) is 3.60. The number of halogens is 1. The molecule has 0 amide bonds. The second kappa shape index (κ2) is 3.90. The summed E-state index contributed by atoms with van der Waals surface area (Å²) in [7, 11) is -3.26. The highest BCUT2D eigenvalue weighted by atomic mass is 32.2. The lowest BCUT2D eigenvalue weighted by Crippen LogP contribution is -2.27. The Labute approximate surface area is 88.4 Å². The second-order valence-corrected chi connectivity index (χ2v) is 5.53. The summed E-state index contributed by atoms with van der Waals surface area (Å²) in [4.78, 5) is 0. The average molecular weight is 229 g/mol. The number of nitrogens with one attached hydrogen (secondary N) is 1. The van der Waals surface area contributed by atoms with Crippen molar-refractivity contribution in [2.75, 3.05) is 0 Å². The normalized spacial score (nSPS) is 16.6. The second-order valence-electron chi connectivity index (χ2n) is 3.78. The van der Waals surface area contributed by atoms with Crippen LogP contribution in [0.4, 0.5) is 4.39 Å². The van der Waals surface area contributed by atoms with Crippen LogP contribution < -0.4 is 4.72 Å². The van der Waals surface area contributed by atoms with Crippen molar-refractivity contribution < 1.29 is 12.8 Å². The molecular weight excluding hydrogens is 217 g/mol. The van der Waals surface area contributed by atoms with E-state index in [1.54, 1.807) is 0 Å². The Bertz CT molecular complexity index is 437. The SMILES string of the molecule is O=S(=O)(Cc1ccc(F)cc1)NC1CC1. The lowest BCUT2D eigenvalue weighted by Gasteiger charge is -2.04. The molecule has 3 nitrogen and oxygen atoms in total. The van der Waals surface area contributed by atoms with Crippen LogP contribution in [0.5, 0.6) is 0 Å². The van der Waals surface area contributed by atoms with Gasteiger partial charge in [-0.25, -0.2) is 17.5 Å². The average Bonchev–Trinajstić information content (AvgIpc) is 2.91. The molecule has 0 unspecified atom stereocenters. The molecule has 1 aromatic carbocycles. The van der Waals surface area contributed by atoms with Crippen LogP contribution in [0.2, 0.25) is 0 Å². The molecule has 15 heavy (non-hydrogen) atoms. The molecule has 0 heterocycles. The monoisotopic (exact) mass is 229 g/mol. The van der Waals surface area contributed by atoms with Gasteiger partial charge in [-0.05, 0) is 30.5 Å². The Balaban J connectivity index is 2.03. The minimum atomic E-state index is -3.26. The molecule has 1 fully saturated rings. The van der Waals surface area contributed by atoms with Crippen LogP contribution in [-0.2, 0) is 15.8 Å². The summed E-state index contributed by atoms with van der Waals surface area (Å²) in [6.45, 7) is 0. The van der Waals surface area contributed by atoms with Crippen molar-refractivity contribution in [3.63, 3.8) is 0 Å². The van der Waals surface area contributed by atoms with Crippen LogP contribution in [0.25, 0.3) is 0 Å². The van der Waals surface area contributed by atoms with Gasteiger partial charge < -0.3 is 0 Å². The maximum atomic E-state index is 12.6. The van der Waals surface area contributed by atoms with E-state index in [0.29, 0.717) is 5.56 Å². The quantitative estimate of drug-likeness (QED) is 0.848. The zero-order chi connectivity index (χ0) is 10.9. The highest BCUT2D eigenvalue weighted by Gasteiger charge is 2.26. The fourth-order valence-corrected chi connectivity index (χ4v) is 2.76. The van der Waals surface area contributed by atoms with Gasteiger partial charge >= 0.3 is 0 Å². The maximum Gasteiger partial charge on any atom is 0.216 e. The van der Waals surface area contributed by atoms with Crippen molar-refractivity contribution >= 4 is 10.0 Å². The van der Waals surface area contributed by atoms with Gasteiger partial charge in [-0.3, -0.25) is 0 Å². The van der Waals surface area contributed by atoms with Crippen LogP contribution in [0, 0.1) is 5.82 Å². The predicted octanol–water partition coefficient (Wildman–Crippen LogP) is 1.41. The van der Waals surface area contributed by atoms with Gasteiger partial charge in [-0.1, -0.05) is 12.1 Å². The highest BCUT2D eigenvalue weighted by molar-refractivity contribution is 7.88. The van der Waals surface area contributed by atoms with Gasteiger partial charge in [0.05, 0.1) is 5.75 Å². The summed E-state index contributed by atoms with van der Waals surface area (Å²) in [5.74, 6) is -0.435. The maximum absolute atomic E-state index is 12.6. The topological polar surface area (TPSA) is 46.2 Å². The van der Waals surface area contributed by atoms with E-state index in [1.807, 2.05) is 0 Å². The van der Waals surface area contributed by atoms with Gasteiger partial charge in [0.1, 0.15) is 5.82 Å². The van der Waals surface area contributed by atoms with Gasteiger partial charge in [-0.15, -0.1) is 0 Å². The Morgan fingerprint density at radius 1 is 1.27 bits per heavy atom. The molecule has 1 N–H and O–H groups in total. The van der Waals surface area contributed by atoms with Crippen molar-refractivity contribution in [3.05, 3.63) is 35.6 Å². The van der Waals surface area contributed by atoms with Crippen molar-refractivity contribution in [3.8, 4) is 0 Å². The van der Waals surface area contributed by atoms with Gasteiger partial charge in [0.25, 0.3) is 0 Å². The third kappa shape index (κ3) is 3.28. The predicted molar refractivity (Wildman–Crippen MR) is 55.2 cm³/mol. The van der Waals surface area contributed by atoms with Crippen molar-refractivity contribution in [2.24, 2.45) is 0 Å². The van der Waals surface area contributed by atoms with Crippen LogP contribution in [0.15, 0.2) is 24.3 Å². The third-order valence-electron chi connectivity index (χ3n) is 2.19. The van der Waals surface area contributed by atoms with Crippen molar-refractivity contribution in [1.29, 1.82) is 0 Å². The number of rotatable bonds is 4. The van der Waals surface area contributed by atoms with E-state index in [-0.39, 0.29) is 17.6 Å². The standard InChI is InChI=1S/C10H12FNO2S/c11-9-3-1-8(2-4-9)7-15(13,14)12-10-5-6-10/h1-4,10,12H,5-7H2. The van der Waals surface area contributed by atoms with Crippen LogP contribution in [0.3, 0.4) is 0 Å². The Morgan fingerprint density at radius 3 is 2.40 bits per heavy atom. The molecule has 1 aliphatic carbocycles. The molecule has 0 bridgehead atoms. The molecule has 0 radical (unpaired) electrons. The molecule has 1 aromatic rings. The Morgan fingerprint density at radius 2 is 1.87 bits per heavy atom. The minimum Gasteiger partial charge on any atom is -0.212 e. The molecule has 1 aliphatic rings. The first-order valence-electron chi connectivity index (χ1n) is 4.80. The zero-order valence-electron chi connectivity index (χ0n) is 8.11. The summed E-state index contributed by atoms with van der Waals surface area (Å²) < 4.78 is 38.2. The first-order chi connectivity index (χ1) is 7.05. The lowest BCUT2D eigenvalue weighted by atomic mass is 10.2. The fourth-order valence-electron chi connectivity index (χ4n) is 1.30. The summed E-state index contributed by atoms with van der Waals surface area (Å²) in [6.07, 6.45) is 1.84. The molecule has 0 saturated heterocycles. The molecular formula is C10H12FNO2S. The molecule has 2 rings (SSSR count). The van der Waals surface area contributed by atoms with Gasteiger partial charge in [0.2, 0.25) is 10.0 Å². The van der Waals surface area contributed by atoms with Gasteiger partial charge in [0, 0.05) is 6.04 Å². The highest BCUT2D eigenvalue weighted by Crippen LogP contribution is 2.20. The van der Waals surface area contributed by atoms with E-state index < -0.39 is 10.0 Å². The molecule has 1 saturated carbocycles. The number of hydrogen-bond donors (Lipinski definition) is 1. The molecule has 5 heteroatoms. The van der Waals surface area contributed by atoms with Crippen LogP contribution >= 0.6 is 0 Å². The first-order valence-corrected chi connectivity index (χ1v) is 6.45. The molecule has 0 aromatic heterocycles. The van der Waals surface area contributed by atoms with E-state index in [4.69, 9.17) is 0 Å². The Kier molecular flexibility index (Phi) is 2.75.